The van der Waals surface area contributed by atoms with E-state index in [9.17, 15) is 9.59 Å². The van der Waals surface area contributed by atoms with E-state index in [0.29, 0.717) is 12.1 Å². The average Bonchev–Trinajstić information content (AvgIpc) is 2.56. The van der Waals surface area contributed by atoms with Gasteiger partial charge >= 0.3 is 0 Å². The Bertz CT molecular complexity index is 608. The summed E-state index contributed by atoms with van der Waals surface area (Å²) in [5.74, 6) is 0.111. The first-order valence-corrected chi connectivity index (χ1v) is 5.59. The van der Waals surface area contributed by atoms with Crippen LogP contribution in [0.25, 0.3) is 10.9 Å². The van der Waals surface area contributed by atoms with Gasteiger partial charge in [-0.05, 0) is 32.4 Å². The third kappa shape index (κ3) is 2.13. The molecule has 0 saturated heterocycles. The van der Waals surface area contributed by atoms with E-state index >= 15 is 0 Å². The van der Waals surface area contributed by atoms with Gasteiger partial charge in [-0.3, -0.25) is 9.59 Å². The Morgan fingerprint density at radius 3 is 2.53 bits per heavy atom. The van der Waals surface area contributed by atoms with E-state index < -0.39 is 0 Å². The van der Waals surface area contributed by atoms with Crippen LogP contribution in [0.5, 0.6) is 0 Å². The molecule has 0 bridgehead atoms. The molecule has 88 valence electrons. The highest BCUT2D eigenvalue weighted by atomic mass is 16.1. The highest BCUT2D eigenvalue weighted by molar-refractivity contribution is 6.07. The Kier molecular flexibility index (Phi) is 2.84. The van der Waals surface area contributed by atoms with Gasteiger partial charge < -0.3 is 4.57 Å². The number of carbonyl (C=O) groups is 2. The standard InChI is InChI=1S/C14H15NO2/c1-9-4-5-12-13(11(3)17)8-15(7-10(2)16)14(12)6-9/h4-6,8H,7H2,1-3H3. The lowest BCUT2D eigenvalue weighted by atomic mass is 10.1. The van der Waals surface area contributed by atoms with Crippen molar-refractivity contribution in [3.8, 4) is 0 Å². The van der Waals surface area contributed by atoms with Crippen LogP contribution in [0.4, 0.5) is 0 Å². The zero-order chi connectivity index (χ0) is 12.6. The molecule has 0 atom stereocenters. The SMILES string of the molecule is CC(=O)Cn1cc(C(C)=O)c2ccc(C)cc21. The van der Waals surface area contributed by atoms with E-state index in [1.54, 1.807) is 20.0 Å². The Morgan fingerprint density at radius 1 is 1.24 bits per heavy atom. The highest BCUT2D eigenvalue weighted by Gasteiger charge is 2.12. The molecule has 1 aromatic heterocycles. The van der Waals surface area contributed by atoms with Crippen molar-refractivity contribution in [1.82, 2.24) is 4.57 Å². The van der Waals surface area contributed by atoms with Crippen LogP contribution in [-0.2, 0) is 11.3 Å². The van der Waals surface area contributed by atoms with Gasteiger partial charge in [0.15, 0.2) is 5.78 Å². The zero-order valence-corrected chi connectivity index (χ0v) is 10.3. The molecule has 0 N–H and O–H groups in total. The summed E-state index contributed by atoms with van der Waals surface area (Å²) < 4.78 is 1.85. The molecule has 0 radical (unpaired) electrons. The summed E-state index contributed by atoms with van der Waals surface area (Å²) >= 11 is 0. The van der Waals surface area contributed by atoms with Crippen molar-refractivity contribution >= 4 is 22.5 Å². The van der Waals surface area contributed by atoms with Crippen LogP contribution in [0.3, 0.4) is 0 Å². The summed E-state index contributed by atoms with van der Waals surface area (Å²) in [6, 6.07) is 5.93. The second-order valence-corrected chi connectivity index (χ2v) is 4.45. The van der Waals surface area contributed by atoms with Crippen LogP contribution in [0.1, 0.15) is 29.8 Å². The maximum Gasteiger partial charge on any atom is 0.161 e. The first-order valence-electron chi connectivity index (χ1n) is 5.59. The van der Waals surface area contributed by atoms with Crippen LogP contribution in [0.2, 0.25) is 0 Å². The van der Waals surface area contributed by atoms with Crippen molar-refractivity contribution in [3.05, 3.63) is 35.5 Å². The van der Waals surface area contributed by atoms with Gasteiger partial charge in [-0.1, -0.05) is 12.1 Å². The predicted molar refractivity (Wildman–Crippen MR) is 67.4 cm³/mol. The van der Waals surface area contributed by atoms with Crippen LogP contribution < -0.4 is 0 Å². The normalized spacial score (nSPS) is 10.8. The van der Waals surface area contributed by atoms with Crippen LogP contribution in [0.15, 0.2) is 24.4 Å². The lowest BCUT2D eigenvalue weighted by molar-refractivity contribution is -0.117. The van der Waals surface area contributed by atoms with E-state index in [1.165, 1.54) is 0 Å². The number of hydrogen-bond donors (Lipinski definition) is 0. The summed E-state index contributed by atoms with van der Waals surface area (Å²) in [7, 11) is 0. The number of hydrogen-bond acceptors (Lipinski definition) is 2. The number of carbonyl (C=O) groups excluding carboxylic acids is 2. The number of ketones is 2. The van der Waals surface area contributed by atoms with Crippen molar-refractivity contribution in [2.75, 3.05) is 0 Å². The summed E-state index contributed by atoms with van der Waals surface area (Å²) in [5, 5.41) is 0.921. The Morgan fingerprint density at radius 2 is 1.94 bits per heavy atom. The van der Waals surface area contributed by atoms with Crippen molar-refractivity contribution in [1.29, 1.82) is 0 Å². The molecule has 1 heterocycles. The van der Waals surface area contributed by atoms with Gasteiger partial charge in [0.05, 0.1) is 6.54 Å². The first kappa shape index (κ1) is 11.6. The van der Waals surface area contributed by atoms with Gasteiger partial charge in [-0.15, -0.1) is 0 Å². The largest absolute Gasteiger partial charge is 0.339 e. The van der Waals surface area contributed by atoms with Gasteiger partial charge in [0.25, 0.3) is 0 Å². The summed E-state index contributed by atoms with van der Waals surface area (Å²) in [5.41, 5.74) is 2.75. The fourth-order valence-corrected chi connectivity index (χ4v) is 2.05. The van der Waals surface area contributed by atoms with Crippen molar-refractivity contribution in [3.63, 3.8) is 0 Å². The first-order chi connectivity index (χ1) is 7.99. The summed E-state index contributed by atoms with van der Waals surface area (Å²) in [4.78, 5) is 22.8. The minimum Gasteiger partial charge on any atom is -0.339 e. The Balaban J connectivity index is 2.70. The smallest absolute Gasteiger partial charge is 0.161 e. The average molecular weight is 229 g/mol. The molecule has 0 fully saturated rings. The number of Topliss-reactive ketones (excluding diaryl/α,β-unsaturated/α-hetero) is 2. The van der Waals surface area contributed by atoms with Gasteiger partial charge in [-0.2, -0.15) is 0 Å². The molecular formula is C14H15NO2. The van der Waals surface area contributed by atoms with Crippen LogP contribution in [-0.4, -0.2) is 16.1 Å². The highest BCUT2D eigenvalue weighted by Crippen LogP contribution is 2.23. The van der Waals surface area contributed by atoms with Gasteiger partial charge in [0, 0.05) is 22.7 Å². The van der Waals surface area contributed by atoms with E-state index in [1.807, 2.05) is 29.7 Å². The van der Waals surface area contributed by atoms with E-state index in [2.05, 4.69) is 0 Å². The molecule has 3 heteroatoms. The lowest BCUT2D eigenvalue weighted by Crippen LogP contribution is -2.04. The fraction of sp³-hybridized carbons (Fsp3) is 0.286. The topological polar surface area (TPSA) is 39.1 Å². The molecule has 1 aromatic carbocycles. The number of aryl methyl sites for hydroxylation is 1. The molecule has 0 saturated carbocycles. The number of nitrogens with zero attached hydrogens (tertiary/aromatic N) is 1. The van der Waals surface area contributed by atoms with Crippen molar-refractivity contribution in [2.24, 2.45) is 0 Å². The molecule has 0 aliphatic heterocycles. The van der Waals surface area contributed by atoms with E-state index in [4.69, 9.17) is 0 Å². The number of aromatic nitrogens is 1. The lowest BCUT2D eigenvalue weighted by Gasteiger charge is -2.02. The molecule has 0 amide bonds. The Hall–Kier alpha value is -1.90. The molecule has 0 spiro atoms. The Labute approximate surface area is 100 Å². The zero-order valence-electron chi connectivity index (χ0n) is 10.3. The van der Waals surface area contributed by atoms with E-state index in [-0.39, 0.29) is 11.6 Å². The molecule has 0 aliphatic carbocycles. The molecule has 2 rings (SSSR count). The number of fused-ring (bicyclic) bond motifs is 1. The van der Waals surface area contributed by atoms with Gasteiger partial charge in [0.2, 0.25) is 0 Å². The molecule has 3 nitrogen and oxygen atoms in total. The predicted octanol–water partition coefficient (Wildman–Crippen LogP) is 2.74. The third-order valence-corrected chi connectivity index (χ3v) is 2.81. The van der Waals surface area contributed by atoms with Gasteiger partial charge in [-0.25, -0.2) is 0 Å². The maximum absolute atomic E-state index is 11.5. The van der Waals surface area contributed by atoms with Crippen LogP contribution >= 0.6 is 0 Å². The molecule has 0 unspecified atom stereocenters. The number of rotatable bonds is 3. The van der Waals surface area contributed by atoms with Crippen LogP contribution in [0, 0.1) is 6.92 Å². The third-order valence-electron chi connectivity index (χ3n) is 2.81. The monoisotopic (exact) mass is 229 g/mol. The molecule has 17 heavy (non-hydrogen) atoms. The molecular weight excluding hydrogens is 214 g/mol. The second kappa shape index (κ2) is 4.17. The fourth-order valence-electron chi connectivity index (χ4n) is 2.05. The minimum atomic E-state index is 0.0288. The summed E-state index contributed by atoms with van der Waals surface area (Å²) in [6.07, 6.45) is 1.77. The van der Waals surface area contributed by atoms with Crippen molar-refractivity contribution in [2.45, 2.75) is 27.3 Å². The quantitative estimate of drug-likeness (QED) is 0.759. The molecule has 0 aliphatic rings. The van der Waals surface area contributed by atoms with Crippen molar-refractivity contribution < 1.29 is 9.59 Å². The van der Waals surface area contributed by atoms with E-state index in [0.717, 1.165) is 16.5 Å². The molecule has 2 aromatic rings. The second-order valence-electron chi connectivity index (χ2n) is 4.45. The summed E-state index contributed by atoms with van der Waals surface area (Å²) in [6.45, 7) is 5.41. The van der Waals surface area contributed by atoms with Gasteiger partial charge in [0.1, 0.15) is 5.78 Å². The maximum atomic E-state index is 11.5. The number of benzene rings is 1. The minimum absolute atomic E-state index is 0.0288.